The van der Waals surface area contributed by atoms with Crippen LogP contribution in [0.1, 0.15) is 26.7 Å². The Morgan fingerprint density at radius 3 is 2.71 bits per heavy atom. The highest BCUT2D eigenvalue weighted by molar-refractivity contribution is 5.55. The van der Waals surface area contributed by atoms with Gasteiger partial charge < -0.3 is 10.2 Å². The van der Waals surface area contributed by atoms with Crippen molar-refractivity contribution >= 4 is 6.34 Å². The first kappa shape index (κ1) is 16.3. The molecule has 2 heterocycles. The van der Waals surface area contributed by atoms with E-state index in [0.717, 1.165) is 25.5 Å². The van der Waals surface area contributed by atoms with E-state index in [4.69, 9.17) is 0 Å². The second-order valence-electron chi connectivity index (χ2n) is 6.44. The molecule has 5 heteroatoms. The lowest BCUT2D eigenvalue weighted by Gasteiger charge is -2.34. The van der Waals surface area contributed by atoms with E-state index in [9.17, 15) is 0 Å². The summed E-state index contributed by atoms with van der Waals surface area (Å²) in [7, 11) is 6.32. The van der Waals surface area contributed by atoms with Crippen molar-refractivity contribution < 1.29 is 0 Å². The van der Waals surface area contributed by atoms with Gasteiger partial charge >= 0.3 is 0 Å². The summed E-state index contributed by atoms with van der Waals surface area (Å²) >= 11 is 0. The molecule has 0 aliphatic carbocycles. The molecule has 5 nitrogen and oxygen atoms in total. The Balaban J connectivity index is 2.03. The first-order valence-corrected chi connectivity index (χ1v) is 8.13. The number of aliphatic imine (C=N–C) groups is 1. The molecule has 120 valence electrons. The van der Waals surface area contributed by atoms with E-state index in [1.165, 1.54) is 12.8 Å². The van der Waals surface area contributed by atoms with Gasteiger partial charge in [-0.1, -0.05) is 6.92 Å². The van der Waals surface area contributed by atoms with Gasteiger partial charge in [-0.3, -0.25) is 9.80 Å². The number of piperazine rings is 1. The van der Waals surface area contributed by atoms with Crippen molar-refractivity contribution in [3.8, 4) is 0 Å². The average molecular weight is 293 g/mol. The zero-order valence-corrected chi connectivity index (χ0v) is 14.2. The molecule has 0 aromatic heterocycles. The fraction of sp³-hybridized carbons (Fsp3) is 0.812. The van der Waals surface area contributed by atoms with Gasteiger partial charge in [0, 0.05) is 44.8 Å². The van der Waals surface area contributed by atoms with Crippen LogP contribution in [0.4, 0.5) is 0 Å². The molecule has 0 aromatic carbocycles. The van der Waals surface area contributed by atoms with E-state index in [1.54, 1.807) is 6.34 Å². The minimum atomic E-state index is 0.608. The number of rotatable bonds is 7. The quantitative estimate of drug-likeness (QED) is 0.565. The van der Waals surface area contributed by atoms with Crippen LogP contribution in [-0.4, -0.2) is 79.9 Å². The number of nitrogens with zero attached hydrogens (tertiary/aromatic N) is 4. The topological polar surface area (TPSA) is 34.1 Å². The first-order chi connectivity index (χ1) is 10.1. The standard InChI is InChI=1S/C16H31N5/c1-6-13(2)19(4)8-7-16(18-12-17-3)21-11-14-9-15(21)10-20(14)5/h7,12-15H,6,8-11H2,1-5H3,(H,17,18)/b16-7+/t13?,14-,15-/m0/s1. The molecule has 2 aliphatic heterocycles. The summed E-state index contributed by atoms with van der Waals surface area (Å²) < 4.78 is 0. The summed E-state index contributed by atoms with van der Waals surface area (Å²) in [5.74, 6) is 1.13. The van der Waals surface area contributed by atoms with Crippen LogP contribution in [0.25, 0.3) is 0 Å². The number of hydrogen-bond donors (Lipinski definition) is 1. The van der Waals surface area contributed by atoms with E-state index in [0.29, 0.717) is 18.1 Å². The summed E-state index contributed by atoms with van der Waals surface area (Å²) in [6.45, 7) is 7.74. The average Bonchev–Trinajstić information content (AvgIpc) is 3.05. The van der Waals surface area contributed by atoms with E-state index in [1.807, 2.05) is 7.05 Å². The van der Waals surface area contributed by atoms with Crippen molar-refractivity contribution in [2.75, 3.05) is 40.8 Å². The maximum absolute atomic E-state index is 4.63. The summed E-state index contributed by atoms with van der Waals surface area (Å²) in [4.78, 5) is 12.0. The third kappa shape index (κ3) is 3.77. The predicted octanol–water partition coefficient (Wildman–Crippen LogP) is 1.19. The monoisotopic (exact) mass is 293 g/mol. The molecule has 2 saturated heterocycles. The Bertz CT molecular complexity index is 390. The minimum absolute atomic E-state index is 0.608. The van der Waals surface area contributed by atoms with Gasteiger partial charge in [-0.05, 0) is 39.9 Å². The number of nitrogens with one attached hydrogen (secondary N) is 1. The first-order valence-electron chi connectivity index (χ1n) is 8.13. The molecule has 2 bridgehead atoms. The lowest BCUT2D eigenvalue weighted by molar-refractivity contribution is 0.179. The van der Waals surface area contributed by atoms with Gasteiger partial charge in [-0.2, -0.15) is 0 Å². The minimum Gasteiger partial charge on any atom is -0.379 e. The second kappa shape index (κ2) is 7.27. The molecule has 21 heavy (non-hydrogen) atoms. The highest BCUT2D eigenvalue weighted by Crippen LogP contribution is 2.32. The molecule has 0 radical (unpaired) electrons. The highest BCUT2D eigenvalue weighted by Gasteiger charge is 2.42. The Labute approximate surface area is 129 Å². The number of fused-ring (bicyclic) bond motifs is 2. The van der Waals surface area contributed by atoms with Crippen LogP contribution < -0.4 is 5.32 Å². The molecule has 0 amide bonds. The Kier molecular flexibility index (Phi) is 5.65. The third-order valence-electron chi connectivity index (χ3n) is 5.04. The maximum Gasteiger partial charge on any atom is 0.127 e. The van der Waals surface area contributed by atoms with Crippen molar-refractivity contribution in [3.63, 3.8) is 0 Å². The molecule has 1 unspecified atom stereocenters. The van der Waals surface area contributed by atoms with Gasteiger partial charge in [0.2, 0.25) is 0 Å². The van der Waals surface area contributed by atoms with Crippen molar-refractivity contribution in [3.05, 3.63) is 11.9 Å². The predicted molar refractivity (Wildman–Crippen MR) is 89.5 cm³/mol. The van der Waals surface area contributed by atoms with Crippen LogP contribution in [0.5, 0.6) is 0 Å². The van der Waals surface area contributed by atoms with Crippen molar-refractivity contribution in [1.82, 2.24) is 20.0 Å². The van der Waals surface area contributed by atoms with Crippen LogP contribution in [0, 0.1) is 0 Å². The van der Waals surface area contributed by atoms with Crippen molar-refractivity contribution in [2.24, 2.45) is 4.99 Å². The van der Waals surface area contributed by atoms with Gasteiger partial charge in [0.25, 0.3) is 0 Å². The fourth-order valence-corrected chi connectivity index (χ4v) is 3.24. The number of likely N-dealkylation sites (tertiary alicyclic amines) is 2. The molecule has 0 spiro atoms. The zero-order chi connectivity index (χ0) is 15.4. The van der Waals surface area contributed by atoms with Crippen molar-refractivity contribution in [1.29, 1.82) is 0 Å². The molecule has 0 aromatic rings. The molecule has 3 atom stereocenters. The van der Waals surface area contributed by atoms with E-state index in [-0.39, 0.29) is 0 Å². The van der Waals surface area contributed by atoms with E-state index < -0.39 is 0 Å². The van der Waals surface area contributed by atoms with Gasteiger partial charge in [0.15, 0.2) is 0 Å². The second-order valence-corrected chi connectivity index (χ2v) is 6.44. The Morgan fingerprint density at radius 1 is 1.43 bits per heavy atom. The molecule has 0 saturated carbocycles. The summed E-state index contributed by atoms with van der Waals surface area (Å²) in [5.41, 5.74) is 0. The molecule has 2 aliphatic rings. The fourth-order valence-electron chi connectivity index (χ4n) is 3.24. The largest absolute Gasteiger partial charge is 0.379 e. The molecular formula is C16H31N5. The lowest BCUT2D eigenvalue weighted by Crippen LogP contribution is -2.44. The van der Waals surface area contributed by atoms with Crippen LogP contribution in [-0.2, 0) is 0 Å². The van der Waals surface area contributed by atoms with Gasteiger partial charge in [-0.25, -0.2) is 4.99 Å². The highest BCUT2D eigenvalue weighted by atomic mass is 15.4. The van der Waals surface area contributed by atoms with Gasteiger partial charge in [-0.15, -0.1) is 0 Å². The molecule has 2 fully saturated rings. The van der Waals surface area contributed by atoms with E-state index in [2.05, 4.69) is 59.0 Å². The lowest BCUT2D eigenvalue weighted by atomic mass is 10.2. The van der Waals surface area contributed by atoms with Gasteiger partial charge in [0.1, 0.15) is 5.82 Å². The van der Waals surface area contributed by atoms with Crippen LogP contribution >= 0.6 is 0 Å². The summed E-state index contributed by atoms with van der Waals surface area (Å²) in [5, 5.41) is 3.01. The maximum atomic E-state index is 4.63. The molecule has 2 rings (SSSR count). The Hall–Kier alpha value is -1.07. The SMILES string of the molecule is CCC(C)N(C)C/C=C(\N=C/NC)N1C[C@@H]2C[C@H]1CN2C. The zero-order valence-electron chi connectivity index (χ0n) is 14.2. The van der Waals surface area contributed by atoms with Gasteiger partial charge in [0.05, 0.1) is 6.34 Å². The normalized spacial score (nSPS) is 28.1. The smallest absolute Gasteiger partial charge is 0.127 e. The van der Waals surface area contributed by atoms with E-state index >= 15 is 0 Å². The van der Waals surface area contributed by atoms with Crippen LogP contribution in [0.2, 0.25) is 0 Å². The molecular weight excluding hydrogens is 262 g/mol. The third-order valence-corrected chi connectivity index (χ3v) is 5.04. The van der Waals surface area contributed by atoms with Crippen molar-refractivity contribution in [2.45, 2.75) is 44.8 Å². The Morgan fingerprint density at radius 2 is 2.19 bits per heavy atom. The molecule has 1 N–H and O–H groups in total. The summed E-state index contributed by atoms with van der Waals surface area (Å²) in [6.07, 6.45) is 6.54. The number of likely N-dealkylation sites (N-methyl/N-ethyl adjacent to an activating group) is 2. The summed E-state index contributed by atoms with van der Waals surface area (Å²) in [6, 6.07) is 1.95. The van der Waals surface area contributed by atoms with Crippen LogP contribution in [0.3, 0.4) is 0 Å². The number of hydrogen-bond acceptors (Lipinski definition) is 4. The van der Waals surface area contributed by atoms with Crippen LogP contribution in [0.15, 0.2) is 16.9 Å².